The van der Waals surface area contributed by atoms with Crippen LogP contribution in [0.5, 0.6) is 0 Å². The van der Waals surface area contributed by atoms with Crippen LogP contribution in [0.4, 0.5) is 36.8 Å². The van der Waals surface area contributed by atoms with Gasteiger partial charge in [0.05, 0.1) is 0 Å². The quantitative estimate of drug-likeness (QED) is 0.816. The van der Waals surface area contributed by atoms with Gasteiger partial charge in [0, 0.05) is 12.6 Å². The molecule has 0 aliphatic heterocycles. The number of amides is 2. The molecule has 1 unspecified atom stereocenters. The van der Waals surface area contributed by atoms with Crippen LogP contribution in [0.15, 0.2) is 24.3 Å². The van der Waals surface area contributed by atoms with Gasteiger partial charge in [-0.05, 0) is 25.1 Å². The summed E-state index contributed by atoms with van der Waals surface area (Å²) in [6.07, 6.45) is -5.38. The fourth-order valence-corrected chi connectivity index (χ4v) is 1.39. The van der Waals surface area contributed by atoms with Crippen molar-refractivity contribution in [1.82, 2.24) is 5.32 Å². The highest BCUT2D eigenvalue weighted by molar-refractivity contribution is 5.89. The molecule has 0 fully saturated rings. The Morgan fingerprint density at radius 2 is 1.67 bits per heavy atom. The Balaban J connectivity index is 2.93. The topological polar surface area (TPSA) is 41.1 Å². The molecule has 0 aliphatic rings. The van der Waals surface area contributed by atoms with Crippen molar-refractivity contribution in [3.05, 3.63) is 30.1 Å². The molecular weight excluding hydrogens is 302 g/mol. The summed E-state index contributed by atoms with van der Waals surface area (Å²) < 4.78 is 77.6. The first-order valence-corrected chi connectivity index (χ1v) is 5.66. The maximum atomic E-state index is 13.2. The normalized spacial score (nSPS) is 15.2. The molecule has 2 N–H and O–H groups in total. The van der Waals surface area contributed by atoms with Gasteiger partial charge in [0.15, 0.2) is 5.54 Å². The highest BCUT2D eigenvalue weighted by Gasteiger charge is 2.65. The summed E-state index contributed by atoms with van der Waals surface area (Å²) >= 11 is 0. The monoisotopic (exact) mass is 314 g/mol. The van der Waals surface area contributed by atoms with Gasteiger partial charge < -0.3 is 10.6 Å². The number of nitrogens with one attached hydrogen (secondary N) is 2. The fourth-order valence-electron chi connectivity index (χ4n) is 1.39. The molecule has 21 heavy (non-hydrogen) atoms. The van der Waals surface area contributed by atoms with E-state index >= 15 is 0 Å². The molecule has 0 aromatic heterocycles. The second-order valence-corrected chi connectivity index (χ2v) is 4.60. The third-order valence-electron chi connectivity index (χ3n) is 2.89. The van der Waals surface area contributed by atoms with Crippen LogP contribution in [-0.4, -0.2) is 23.7 Å². The maximum Gasteiger partial charge on any atom is 0.417 e. The predicted molar refractivity (Wildman–Crippen MR) is 63.6 cm³/mol. The zero-order chi connectivity index (χ0) is 16.5. The molecule has 0 saturated heterocycles. The van der Waals surface area contributed by atoms with Gasteiger partial charge in [-0.15, -0.1) is 0 Å². The maximum absolute atomic E-state index is 13.2. The van der Waals surface area contributed by atoms with E-state index in [0.717, 1.165) is 12.1 Å². The average molecular weight is 314 g/mol. The Labute approximate surface area is 116 Å². The number of anilines is 1. The molecule has 1 aromatic carbocycles. The van der Waals surface area contributed by atoms with E-state index < -0.39 is 29.5 Å². The van der Waals surface area contributed by atoms with Gasteiger partial charge in [0.1, 0.15) is 5.82 Å². The van der Waals surface area contributed by atoms with Crippen LogP contribution in [-0.2, 0) is 0 Å². The Hall–Kier alpha value is -1.93. The van der Waals surface area contributed by atoms with Gasteiger partial charge in [-0.3, -0.25) is 0 Å². The number of alkyl halides is 5. The van der Waals surface area contributed by atoms with Gasteiger partial charge in [-0.2, -0.15) is 13.2 Å². The summed E-state index contributed by atoms with van der Waals surface area (Å²) in [6, 6.07) is 2.74. The molecule has 1 aromatic rings. The zero-order valence-corrected chi connectivity index (χ0v) is 11.0. The van der Waals surface area contributed by atoms with E-state index in [4.69, 9.17) is 0 Å². The number of benzene rings is 1. The molecule has 0 spiro atoms. The SMILES string of the molecule is CC(F)(F)C(C)(NC(=O)Nc1cccc(F)c1)C(F)(F)F. The van der Waals surface area contributed by atoms with E-state index in [1.54, 1.807) is 0 Å². The third kappa shape index (κ3) is 3.79. The number of carbonyl (C=O) groups excluding carboxylic acids is 1. The number of hydrogen-bond acceptors (Lipinski definition) is 1. The lowest BCUT2D eigenvalue weighted by Gasteiger charge is -2.37. The molecule has 118 valence electrons. The minimum atomic E-state index is -5.38. The number of carbonyl (C=O) groups is 1. The van der Waals surface area contributed by atoms with Gasteiger partial charge in [-0.25, -0.2) is 18.0 Å². The second kappa shape index (κ2) is 5.45. The number of hydrogen-bond donors (Lipinski definition) is 2. The lowest BCUT2D eigenvalue weighted by molar-refractivity contribution is -0.249. The first-order valence-electron chi connectivity index (χ1n) is 5.66. The predicted octanol–water partition coefficient (Wildman–Crippen LogP) is 3.92. The molecule has 0 aliphatic carbocycles. The van der Waals surface area contributed by atoms with Crippen LogP contribution < -0.4 is 10.6 Å². The van der Waals surface area contributed by atoms with Crippen molar-refractivity contribution >= 4 is 11.7 Å². The summed E-state index contributed by atoms with van der Waals surface area (Å²) in [7, 11) is 0. The minimum absolute atomic E-state index is 0.0446. The largest absolute Gasteiger partial charge is 0.417 e. The molecular formula is C12H12F6N2O. The highest BCUT2D eigenvalue weighted by atomic mass is 19.4. The summed E-state index contributed by atoms with van der Waals surface area (Å²) in [4.78, 5) is 11.5. The smallest absolute Gasteiger partial charge is 0.319 e. The lowest BCUT2D eigenvalue weighted by atomic mass is 9.94. The fraction of sp³-hybridized carbons (Fsp3) is 0.417. The molecule has 1 atom stereocenters. The van der Waals surface area contributed by atoms with E-state index in [0.29, 0.717) is 0 Å². The first kappa shape index (κ1) is 17.1. The van der Waals surface area contributed by atoms with E-state index in [-0.39, 0.29) is 19.5 Å². The number of urea groups is 1. The summed E-state index contributed by atoms with van der Waals surface area (Å²) in [6.45, 7) is 0.209. The summed E-state index contributed by atoms with van der Waals surface area (Å²) in [5.41, 5.74) is -3.94. The Morgan fingerprint density at radius 1 is 1.10 bits per heavy atom. The zero-order valence-electron chi connectivity index (χ0n) is 11.0. The lowest BCUT2D eigenvalue weighted by Crippen LogP contribution is -2.66. The van der Waals surface area contributed by atoms with E-state index in [1.807, 2.05) is 5.32 Å². The standard InChI is InChI=1S/C12H12F6N2O/c1-10(11(2,14)15,12(16,17)18)20-9(21)19-8-5-3-4-7(13)6-8/h3-6H,1-2H3,(H2,19,20,21). The van der Waals surface area contributed by atoms with Crippen molar-refractivity contribution in [1.29, 1.82) is 0 Å². The first-order chi connectivity index (χ1) is 9.37. The van der Waals surface area contributed by atoms with E-state index in [1.165, 1.54) is 17.4 Å². The van der Waals surface area contributed by atoms with Crippen LogP contribution in [0.3, 0.4) is 0 Å². The third-order valence-corrected chi connectivity index (χ3v) is 2.89. The number of rotatable bonds is 3. The molecule has 3 nitrogen and oxygen atoms in total. The molecule has 0 bridgehead atoms. The number of halogens is 6. The van der Waals surface area contributed by atoms with Crippen LogP contribution >= 0.6 is 0 Å². The average Bonchev–Trinajstić information content (AvgIpc) is 2.25. The van der Waals surface area contributed by atoms with Crippen molar-refractivity contribution in [3.63, 3.8) is 0 Å². The van der Waals surface area contributed by atoms with Crippen LogP contribution in [0.1, 0.15) is 13.8 Å². The van der Waals surface area contributed by atoms with E-state index in [9.17, 15) is 31.1 Å². The molecule has 0 heterocycles. The molecule has 0 radical (unpaired) electrons. The summed E-state index contributed by atoms with van der Waals surface area (Å²) in [5.74, 6) is -5.00. The molecule has 9 heteroatoms. The second-order valence-electron chi connectivity index (χ2n) is 4.60. The molecule has 0 saturated carbocycles. The van der Waals surface area contributed by atoms with Gasteiger partial charge in [0.2, 0.25) is 0 Å². The van der Waals surface area contributed by atoms with Crippen LogP contribution in [0.2, 0.25) is 0 Å². The van der Waals surface area contributed by atoms with Gasteiger partial charge >= 0.3 is 12.2 Å². The molecule has 1 rings (SSSR count). The van der Waals surface area contributed by atoms with Gasteiger partial charge in [-0.1, -0.05) is 6.07 Å². The summed E-state index contributed by atoms with van der Waals surface area (Å²) in [5, 5.41) is 3.05. The Morgan fingerprint density at radius 3 is 2.10 bits per heavy atom. The van der Waals surface area contributed by atoms with Crippen molar-refractivity contribution in [2.24, 2.45) is 0 Å². The van der Waals surface area contributed by atoms with Crippen LogP contribution in [0.25, 0.3) is 0 Å². The molecule has 2 amide bonds. The van der Waals surface area contributed by atoms with Crippen molar-refractivity contribution < 1.29 is 31.1 Å². The minimum Gasteiger partial charge on any atom is -0.319 e. The van der Waals surface area contributed by atoms with Crippen molar-refractivity contribution in [3.8, 4) is 0 Å². The Bertz CT molecular complexity index is 509. The highest BCUT2D eigenvalue weighted by Crippen LogP contribution is 2.41. The van der Waals surface area contributed by atoms with Crippen molar-refractivity contribution in [2.45, 2.75) is 31.5 Å². The Kier molecular flexibility index (Phi) is 4.45. The van der Waals surface area contributed by atoms with Gasteiger partial charge in [0.25, 0.3) is 5.92 Å². The van der Waals surface area contributed by atoms with Crippen molar-refractivity contribution in [2.75, 3.05) is 5.32 Å². The van der Waals surface area contributed by atoms with Crippen LogP contribution in [0, 0.1) is 5.82 Å². The van der Waals surface area contributed by atoms with E-state index in [2.05, 4.69) is 0 Å².